The lowest BCUT2D eigenvalue weighted by atomic mass is 9.79. The van der Waals surface area contributed by atoms with Crippen molar-refractivity contribution in [2.45, 2.75) is 132 Å². The van der Waals surface area contributed by atoms with Crippen molar-refractivity contribution in [3.05, 3.63) is 46.5 Å². The molecule has 0 aliphatic heterocycles. The van der Waals surface area contributed by atoms with Gasteiger partial charge in [0.25, 0.3) is 0 Å². The molecule has 1 N–H and O–H groups in total. The molecule has 2 rings (SSSR count). The minimum absolute atomic E-state index is 0.0763. The van der Waals surface area contributed by atoms with Gasteiger partial charge in [0, 0.05) is 32.0 Å². The van der Waals surface area contributed by atoms with Crippen LogP contribution in [-0.2, 0) is 26.5 Å². The summed E-state index contributed by atoms with van der Waals surface area (Å²) in [5.41, 5.74) is 3.49. The molecule has 1 radical (unpaired) electrons. The van der Waals surface area contributed by atoms with Crippen molar-refractivity contribution in [1.29, 1.82) is 0 Å². The van der Waals surface area contributed by atoms with E-state index in [0.29, 0.717) is 5.75 Å². The van der Waals surface area contributed by atoms with Crippen LogP contribution in [0.2, 0.25) is 0 Å². The molecule has 0 saturated carbocycles. The van der Waals surface area contributed by atoms with Crippen molar-refractivity contribution in [1.82, 2.24) is 0 Å². The molecule has 0 unspecified atom stereocenters. The number of rotatable bonds is 7. The summed E-state index contributed by atoms with van der Waals surface area (Å²) in [6.45, 7) is 30.4. The molecule has 0 amide bonds. The van der Waals surface area contributed by atoms with E-state index in [1.165, 1.54) is 4.90 Å². The quantitative estimate of drug-likeness (QED) is 0.271. The van der Waals surface area contributed by atoms with Gasteiger partial charge in [0.15, 0.2) is 6.61 Å². The molecule has 0 heterocycles. The van der Waals surface area contributed by atoms with Crippen LogP contribution in [0.15, 0.2) is 34.1 Å². The number of thioether (sulfide) groups is 2. The summed E-state index contributed by atoms with van der Waals surface area (Å²) in [7, 11) is 0. The number of hydrogen-bond acceptors (Lipinski definition) is 5. The summed E-state index contributed by atoms with van der Waals surface area (Å²) in [4.78, 5) is 13.4. The smallest absolute Gasteiger partial charge is 0.239 e. The Labute approximate surface area is 240 Å². The standard InChI is InChI=1S/C33H49O3S2/c1-29(2,3)23-17-21(18-24(27(23)35)30(4,5)6)37-33(13,14)38-22-19-25(31(7,8)9)28(36-16-15-34)26(20-22)32(10,11)12/h17-20,35H,16H2,1-14H3. The average molecular weight is 558 g/mol. The lowest BCUT2D eigenvalue weighted by molar-refractivity contribution is 0.341. The van der Waals surface area contributed by atoms with Gasteiger partial charge in [-0.1, -0.05) is 83.1 Å². The van der Waals surface area contributed by atoms with E-state index in [1.807, 2.05) is 29.8 Å². The van der Waals surface area contributed by atoms with Crippen LogP contribution in [0.4, 0.5) is 0 Å². The SMILES string of the molecule is CC(C)(Sc1cc(C(C)(C)C)c(O)c(C(C)(C)C)c1)Sc1cc(C(C)(C)C)c(OC[C]=O)c(C(C)(C)C)c1. The molecule has 0 aliphatic rings. The zero-order chi connectivity index (χ0) is 29.5. The molecule has 3 nitrogen and oxygen atoms in total. The average Bonchev–Trinajstić information content (AvgIpc) is 2.69. The highest BCUT2D eigenvalue weighted by Crippen LogP contribution is 2.51. The normalized spacial score (nSPS) is 13.5. The van der Waals surface area contributed by atoms with Crippen molar-refractivity contribution in [2.24, 2.45) is 0 Å². The first-order valence-electron chi connectivity index (χ1n) is 13.4. The summed E-state index contributed by atoms with van der Waals surface area (Å²) in [6, 6.07) is 8.76. The van der Waals surface area contributed by atoms with Crippen LogP contribution in [0.25, 0.3) is 0 Å². The van der Waals surface area contributed by atoms with Crippen LogP contribution < -0.4 is 4.74 Å². The number of hydrogen-bond donors (Lipinski definition) is 1. The predicted octanol–water partition coefficient (Wildman–Crippen LogP) is 9.69. The van der Waals surface area contributed by atoms with E-state index in [2.05, 4.69) is 121 Å². The van der Waals surface area contributed by atoms with Crippen LogP contribution >= 0.6 is 23.5 Å². The Balaban J connectivity index is 2.61. The maximum absolute atomic E-state index is 11.2. The Hall–Kier alpha value is -1.59. The van der Waals surface area contributed by atoms with Gasteiger partial charge in [0.1, 0.15) is 11.5 Å². The number of phenols is 1. The largest absolute Gasteiger partial charge is 0.507 e. The van der Waals surface area contributed by atoms with Crippen LogP contribution in [0, 0.1) is 0 Å². The molecule has 38 heavy (non-hydrogen) atoms. The van der Waals surface area contributed by atoms with E-state index in [1.54, 1.807) is 0 Å². The zero-order valence-corrected chi connectivity index (χ0v) is 27.7. The Morgan fingerprint density at radius 3 is 1.24 bits per heavy atom. The van der Waals surface area contributed by atoms with E-state index >= 15 is 0 Å². The summed E-state index contributed by atoms with van der Waals surface area (Å²) in [5.74, 6) is 1.21. The summed E-state index contributed by atoms with van der Waals surface area (Å²) >= 11 is 3.66. The van der Waals surface area contributed by atoms with Gasteiger partial charge in [0.2, 0.25) is 6.29 Å². The van der Waals surface area contributed by atoms with Gasteiger partial charge in [-0.05, 0) is 59.8 Å². The van der Waals surface area contributed by atoms with E-state index < -0.39 is 0 Å². The van der Waals surface area contributed by atoms with Crippen molar-refractivity contribution in [2.75, 3.05) is 6.61 Å². The van der Waals surface area contributed by atoms with Crippen LogP contribution in [0.5, 0.6) is 11.5 Å². The number of carbonyl (C=O) groups excluding carboxylic acids is 1. The van der Waals surface area contributed by atoms with E-state index in [4.69, 9.17) is 4.74 Å². The number of benzene rings is 2. The minimum atomic E-state index is -0.190. The highest BCUT2D eigenvalue weighted by molar-refractivity contribution is 8.18. The molecular formula is C33H49O3S2. The second-order valence-electron chi connectivity index (χ2n) is 14.8. The molecule has 211 valence electrons. The van der Waals surface area contributed by atoms with Crippen molar-refractivity contribution in [3.63, 3.8) is 0 Å². The second kappa shape index (κ2) is 11.1. The molecule has 2 aromatic carbocycles. The predicted molar refractivity (Wildman–Crippen MR) is 166 cm³/mol. The third kappa shape index (κ3) is 8.21. The molecule has 0 fully saturated rings. The molecule has 0 aliphatic carbocycles. The van der Waals surface area contributed by atoms with Gasteiger partial charge in [-0.15, -0.1) is 23.5 Å². The van der Waals surface area contributed by atoms with Gasteiger partial charge >= 0.3 is 0 Å². The van der Waals surface area contributed by atoms with Gasteiger partial charge in [-0.3, -0.25) is 4.79 Å². The topological polar surface area (TPSA) is 46.5 Å². The third-order valence-electron chi connectivity index (χ3n) is 6.38. The van der Waals surface area contributed by atoms with Crippen LogP contribution in [-0.4, -0.2) is 22.1 Å². The van der Waals surface area contributed by atoms with Gasteiger partial charge in [-0.25, -0.2) is 0 Å². The first kappa shape index (κ1) is 32.6. The first-order valence-corrected chi connectivity index (χ1v) is 15.0. The number of ether oxygens (including phenoxy) is 1. The fourth-order valence-corrected chi connectivity index (χ4v) is 7.02. The first-order chi connectivity index (χ1) is 17.0. The van der Waals surface area contributed by atoms with Crippen LogP contribution in [0.3, 0.4) is 0 Å². The Kier molecular flexibility index (Phi) is 9.54. The summed E-state index contributed by atoms with van der Waals surface area (Å²) in [6.07, 6.45) is 1.89. The molecular weight excluding hydrogens is 508 g/mol. The Morgan fingerprint density at radius 2 is 0.947 bits per heavy atom. The summed E-state index contributed by atoms with van der Waals surface area (Å²) < 4.78 is 5.80. The minimum Gasteiger partial charge on any atom is -0.507 e. The van der Waals surface area contributed by atoms with E-state index in [-0.39, 0.29) is 32.3 Å². The Morgan fingerprint density at radius 1 is 0.632 bits per heavy atom. The van der Waals surface area contributed by atoms with Gasteiger partial charge in [0.05, 0.1) is 4.08 Å². The maximum Gasteiger partial charge on any atom is 0.239 e. The molecule has 0 atom stereocenters. The third-order valence-corrected chi connectivity index (χ3v) is 8.81. The molecule has 0 bridgehead atoms. The molecule has 5 heteroatoms. The number of aromatic hydroxyl groups is 1. The molecule has 0 saturated heterocycles. The molecule has 2 aromatic rings. The maximum atomic E-state index is 11.2. The van der Waals surface area contributed by atoms with E-state index in [0.717, 1.165) is 32.9 Å². The highest BCUT2D eigenvalue weighted by Gasteiger charge is 2.32. The molecule has 0 spiro atoms. The molecule has 0 aromatic heterocycles. The lowest BCUT2D eigenvalue weighted by Crippen LogP contribution is -2.21. The van der Waals surface area contributed by atoms with Crippen molar-refractivity contribution < 1.29 is 14.6 Å². The Bertz CT molecular complexity index is 1080. The highest BCUT2D eigenvalue weighted by atomic mass is 32.2. The number of phenolic OH excluding ortho intramolecular Hbond substituents is 1. The fraction of sp³-hybridized carbons (Fsp3) is 0.606. The lowest BCUT2D eigenvalue weighted by Gasteiger charge is -2.32. The fourth-order valence-electron chi connectivity index (χ4n) is 4.43. The van der Waals surface area contributed by atoms with Crippen molar-refractivity contribution >= 4 is 29.8 Å². The van der Waals surface area contributed by atoms with Crippen molar-refractivity contribution in [3.8, 4) is 11.5 Å². The zero-order valence-electron chi connectivity index (χ0n) is 26.1. The summed E-state index contributed by atoms with van der Waals surface area (Å²) in [5, 5.41) is 11.2. The second-order valence-corrected chi connectivity index (χ2v) is 18.4. The van der Waals surface area contributed by atoms with Gasteiger partial charge < -0.3 is 9.84 Å². The monoisotopic (exact) mass is 557 g/mol. The van der Waals surface area contributed by atoms with Gasteiger partial charge in [-0.2, -0.15) is 0 Å². The van der Waals surface area contributed by atoms with E-state index in [9.17, 15) is 9.90 Å². The van der Waals surface area contributed by atoms with Crippen LogP contribution in [0.1, 0.15) is 119 Å².